The minimum absolute atomic E-state index is 0.0557. The van der Waals surface area contributed by atoms with Crippen LogP contribution >= 0.6 is 11.6 Å². The highest BCUT2D eigenvalue weighted by atomic mass is 35.5. The molecule has 3 heterocycles. The van der Waals surface area contributed by atoms with Crippen LogP contribution in [0.3, 0.4) is 0 Å². The summed E-state index contributed by atoms with van der Waals surface area (Å²) in [5.74, 6) is 0.866. The average molecular weight is 496 g/mol. The van der Waals surface area contributed by atoms with Gasteiger partial charge in [-0.05, 0) is 81.6 Å². The Bertz CT molecular complexity index is 923. The molecule has 1 aromatic rings. The van der Waals surface area contributed by atoms with Gasteiger partial charge in [0.2, 0.25) is 10.0 Å². The normalized spacial score (nSPS) is 24.5. The molecule has 0 aliphatic carbocycles. The van der Waals surface area contributed by atoms with Crippen LogP contribution in [-0.4, -0.2) is 74.2 Å². The molecule has 1 aromatic carbocycles. The maximum absolute atomic E-state index is 13.3. The van der Waals surface area contributed by atoms with Crippen LogP contribution in [0.4, 0.5) is 0 Å². The Labute approximate surface area is 204 Å². The summed E-state index contributed by atoms with van der Waals surface area (Å²) in [4.78, 5) is 17.8. The minimum Gasteiger partial charge on any atom is -0.339 e. The lowest BCUT2D eigenvalue weighted by atomic mass is 9.95. The Hall–Kier alpha value is -1.15. The molecule has 0 spiro atoms. The summed E-state index contributed by atoms with van der Waals surface area (Å²) < 4.78 is 28.1. The fourth-order valence-corrected chi connectivity index (χ4v) is 7.62. The molecule has 8 heteroatoms. The van der Waals surface area contributed by atoms with Gasteiger partial charge in [0, 0.05) is 38.3 Å². The van der Waals surface area contributed by atoms with Crippen molar-refractivity contribution in [1.29, 1.82) is 0 Å². The van der Waals surface area contributed by atoms with E-state index in [0.29, 0.717) is 30.5 Å². The molecule has 0 saturated carbocycles. The van der Waals surface area contributed by atoms with Crippen LogP contribution in [0.2, 0.25) is 5.02 Å². The van der Waals surface area contributed by atoms with Gasteiger partial charge in [0.25, 0.3) is 5.91 Å². The molecule has 33 heavy (non-hydrogen) atoms. The lowest BCUT2D eigenvalue weighted by Gasteiger charge is -2.35. The van der Waals surface area contributed by atoms with Crippen LogP contribution < -0.4 is 0 Å². The van der Waals surface area contributed by atoms with Crippen LogP contribution in [0.25, 0.3) is 0 Å². The fourth-order valence-electron chi connectivity index (χ4n) is 5.52. The van der Waals surface area contributed by atoms with Crippen LogP contribution in [-0.2, 0) is 10.0 Å². The third kappa shape index (κ3) is 6.11. The lowest BCUT2D eigenvalue weighted by Crippen LogP contribution is -2.42. The predicted molar refractivity (Wildman–Crippen MR) is 132 cm³/mol. The van der Waals surface area contributed by atoms with E-state index in [1.807, 2.05) is 4.90 Å². The van der Waals surface area contributed by atoms with Crippen LogP contribution in [0, 0.1) is 11.8 Å². The molecule has 1 unspecified atom stereocenters. The maximum Gasteiger partial charge on any atom is 0.253 e. The number of carbonyl (C=O) groups excluding carboxylic acids is 1. The molecular formula is C25H38ClN3O3S. The van der Waals surface area contributed by atoms with E-state index < -0.39 is 10.0 Å². The van der Waals surface area contributed by atoms with Gasteiger partial charge in [0.1, 0.15) is 4.90 Å². The Balaban J connectivity index is 1.40. The van der Waals surface area contributed by atoms with Crippen molar-refractivity contribution in [2.24, 2.45) is 11.8 Å². The van der Waals surface area contributed by atoms with Gasteiger partial charge >= 0.3 is 0 Å². The van der Waals surface area contributed by atoms with E-state index in [-0.39, 0.29) is 15.8 Å². The van der Waals surface area contributed by atoms with Crippen molar-refractivity contribution in [2.75, 3.05) is 45.8 Å². The van der Waals surface area contributed by atoms with E-state index in [0.717, 1.165) is 45.3 Å². The van der Waals surface area contributed by atoms with Gasteiger partial charge in [-0.3, -0.25) is 4.79 Å². The van der Waals surface area contributed by atoms with E-state index in [4.69, 9.17) is 11.6 Å². The number of likely N-dealkylation sites (tertiary alicyclic amines) is 2. The molecule has 0 radical (unpaired) electrons. The highest BCUT2D eigenvalue weighted by molar-refractivity contribution is 7.89. The number of benzene rings is 1. The zero-order valence-electron chi connectivity index (χ0n) is 19.8. The summed E-state index contributed by atoms with van der Waals surface area (Å²) in [5, 5.41) is 0.181. The molecular weight excluding hydrogens is 458 g/mol. The van der Waals surface area contributed by atoms with Crippen molar-refractivity contribution in [3.63, 3.8) is 0 Å². The van der Waals surface area contributed by atoms with Gasteiger partial charge in [-0.1, -0.05) is 31.4 Å². The Morgan fingerprint density at radius 2 is 1.67 bits per heavy atom. The summed E-state index contributed by atoms with van der Waals surface area (Å²) in [6.45, 7) is 8.08. The zero-order chi connectivity index (χ0) is 23.4. The second kappa shape index (κ2) is 11.1. The predicted octanol–water partition coefficient (Wildman–Crippen LogP) is 4.49. The van der Waals surface area contributed by atoms with Gasteiger partial charge in [0.05, 0.1) is 5.02 Å². The van der Waals surface area contributed by atoms with Crippen molar-refractivity contribution in [3.8, 4) is 0 Å². The Kier molecular flexibility index (Phi) is 8.37. The number of hydrogen-bond donors (Lipinski definition) is 0. The molecule has 1 amide bonds. The zero-order valence-corrected chi connectivity index (χ0v) is 21.4. The van der Waals surface area contributed by atoms with Gasteiger partial charge in [0.15, 0.2) is 0 Å². The van der Waals surface area contributed by atoms with Crippen molar-refractivity contribution in [2.45, 2.75) is 63.2 Å². The molecule has 1 atom stereocenters. The van der Waals surface area contributed by atoms with Crippen molar-refractivity contribution in [3.05, 3.63) is 28.8 Å². The topological polar surface area (TPSA) is 60.9 Å². The summed E-state index contributed by atoms with van der Waals surface area (Å²) in [7, 11) is -3.72. The summed E-state index contributed by atoms with van der Waals surface area (Å²) in [6, 6.07) is 4.70. The third-order valence-corrected chi connectivity index (χ3v) is 9.88. The molecule has 184 valence electrons. The van der Waals surface area contributed by atoms with E-state index in [2.05, 4.69) is 11.8 Å². The summed E-state index contributed by atoms with van der Waals surface area (Å²) in [6.07, 6.45) is 9.19. The number of piperidine rings is 2. The lowest BCUT2D eigenvalue weighted by molar-refractivity contribution is 0.0667. The quantitative estimate of drug-likeness (QED) is 0.603. The maximum atomic E-state index is 13.3. The summed E-state index contributed by atoms with van der Waals surface area (Å²) in [5.41, 5.74) is 0.411. The molecule has 0 N–H and O–H groups in total. The molecule has 3 fully saturated rings. The van der Waals surface area contributed by atoms with Crippen molar-refractivity contribution >= 4 is 27.5 Å². The van der Waals surface area contributed by atoms with E-state index in [9.17, 15) is 13.2 Å². The monoisotopic (exact) mass is 495 g/mol. The fraction of sp³-hybridized carbons (Fsp3) is 0.720. The highest BCUT2D eigenvalue weighted by Crippen LogP contribution is 2.30. The first kappa shape index (κ1) is 25.0. The number of rotatable bonds is 5. The van der Waals surface area contributed by atoms with E-state index in [1.54, 1.807) is 12.1 Å². The molecule has 0 bridgehead atoms. The van der Waals surface area contributed by atoms with E-state index >= 15 is 0 Å². The van der Waals surface area contributed by atoms with Gasteiger partial charge in [-0.2, -0.15) is 4.31 Å². The minimum atomic E-state index is -3.72. The Morgan fingerprint density at radius 1 is 0.970 bits per heavy atom. The van der Waals surface area contributed by atoms with Crippen LogP contribution in [0.15, 0.2) is 23.1 Å². The molecule has 3 aliphatic heterocycles. The van der Waals surface area contributed by atoms with E-state index in [1.165, 1.54) is 49.1 Å². The highest BCUT2D eigenvalue weighted by Gasteiger charge is 2.32. The first-order chi connectivity index (χ1) is 15.8. The number of amides is 1. The van der Waals surface area contributed by atoms with Crippen molar-refractivity contribution < 1.29 is 13.2 Å². The SMILES string of the molecule is CC1CCCN(S(=O)(=O)c2cc(C(=O)N3CCC(CN4CCCCCC4)CC3)ccc2Cl)C1. The Morgan fingerprint density at radius 3 is 2.33 bits per heavy atom. The smallest absolute Gasteiger partial charge is 0.253 e. The number of hydrogen-bond acceptors (Lipinski definition) is 4. The molecule has 0 aromatic heterocycles. The van der Waals surface area contributed by atoms with Gasteiger partial charge in [-0.25, -0.2) is 8.42 Å². The third-order valence-electron chi connectivity index (χ3n) is 7.53. The molecule has 3 aliphatic rings. The first-order valence-electron chi connectivity index (χ1n) is 12.7. The van der Waals surface area contributed by atoms with Crippen LogP contribution in [0.1, 0.15) is 68.6 Å². The number of sulfonamides is 1. The first-order valence-corrected chi connectivity index (χ1v) is 14.5. The molecule has 6 nitrogen and oxygen atoms in total. The van der Waals surface area contributed by atoms with Gasteiger partial charge in [-0.15, -0.1) is 0 Å². The largest absolute Gasteiger partial charge is 0.339 e. The van der Waals surface area contributed by atoms with Gasteiger partial charge < -0.3 is 9.80 Å². The van der Waals surface area contributed by atoms with Crippen LogP contribution in [0.5, 0.6) is 0 Å². The average Bonchev–Trinajstić information content (AvgIpc) is 3.08. The summed E-state index contributed by atoms with van der Waals surface area (Å²) >= 11 is 6.31. The standard InChI is InChI=1S/C25H38ClN3O3S/c1-20-7-6-14-29(18-20)33(31,32)24-17-22(8-9-23(24)26)25(30)28-15-10-21(11-16-28)19-27-12-4-2-3-5-13-27/h8-9,17,20-21H,2-7,10-16,18-19H2,1H3. The number of carbonyl (C=O) groups is 1. The molecule has 4 rings (SSSR count). The number of halogens is 1. The second-order valence-electron chi connectivity index (χ2n) is 10.2. The molecule has 3 saturated heterocycles. The van der Waals surface area contributed by atoms with Crippen molar-refractivity contribution in [1.82, 2.24) is 14.1 Å². The second-order valence-corrected chi connectivity index (χ2v) is 12.5. The number of nitrogens with zero attached hydrogens (tertiary/aromatic N) is 3.